The van der Waals surface area contributed by atoms with Gasteiger partial charge in [-0.3, -0.25) is 0 Å². The van der Waals surface area contributed by atoms with Crippen LogP contribution in [-0.4, -0.2) is 18.5 Å². The van der Waals surface area contributed by atoms with E-state index >= 15 is 0 Å². The third-order valence-electron chi connectivity index (χ3n) is 1.93. The molecule has 1 rings (SSSR count). The van der Waals surface area contributed by atoms with Gasteiger partial charge < -0.3 is 4.74 Å². The summed E-state index contributed by atoms with van der Waals surface area (Å²) in [5.74, 6) is 0.804. The summed E-state index contributed by atoms with van der Waals surface area (Å²) in [6, 6.07) is 0.413. The largest absolute Gasteiger partial charge is 0.476 e. The summed E-state index contributed by atoms with van der Waals surface area (Å²) in [5, 5.41) is 0. The van der Waals surface area contributed by atoms with Gasteiger partial charge in [-0.2, -0.15) is 0 Å². The van der Waals surface area contributed by atoms with Gasteiger partial charge in [-0.1, -0.05) is 25.8 Å². The Morgan fingerprint density at radius 3 is 3.17 bits per heavy atom. The van der Waals surface area contributed by atoms with Crippen LogP contribution in [0.5, 0.6) is 0 Å². The van der Waals surface area contributed by atoms with Gasteiger partial charge in [-0.25, -0.2) is 4.99 Å². The SMILES string of the molecule is CC=CC1=NC(CCCC)CO1. The van der Waals surface area contributed by atoms with Crippen LogP contribution in [0.2, 0.25) is 0 Å². The first kappa shape index (κ1) is 9.30. The van der Waals surface area contributed by atoms with E-state index in [1.807, 2.05) is 19.1 Å². The van der Waals surface area contributed by atoms with Gasteiger partial charge in [0.25, 0.3) is 0 Å². The Labute approximate surface area is 74.3 Å². The molecule has 0 saturated heterocycles. The molecule has 2 heteroatoms. The van der Waals surface area contributed by atoms with Gasteiger partial charge in [0, 0.05) is 0 Å². The summed E-state index contributed by atoms with van der Waals surface area (Å²) in [7, 11) is 0. The number of unbranched alkanes of at least 4 members (excludes halogenated alkanes) is 1. The molecule has 0 fully saturated rings. The number of rotatable bonds is 4. The van der Waals surface area contributed by atoms with Gasteiger partial charge in [0.15, 0.2) is 0 Å². The molecule has 0 spiro atoms. The van der Waals surface area contributed by atoms with Crippen molar-refractivity contribution in [2.75, 3.05) is 6.61 Å². The van der Waals surface area contributed by atoms with Crippen molar-refractivity contribution in [3.63, 3.8) is 0 Å². The lowest BCUT2D eigenvalue weighted by Crippen LogP contribution is -2.05. The van der Waals surface area contributed by atoms with Gasteiger partial charge >= 0.3 is 0 Å². The molecule has 1 atom stereocenters. The first-order valence-electron chi connectivity index (χ1n) is 4.70. The molecule has 0 aliphatic carbocycles. The standard InChI is InChI=1S/C10H17NO/c1-3-5-7-9-8-12-10(11-9)6-4-2/h4,6,9H,3,5,7-8H2,1-2H3. The number of hydrogen-bond donors (Lipinski definition) is 0. The van der Waals surface area contributed by atoms with Gasteiger partial charge in [-0.05, 0) is 19.4 Å². The van der Waals surface area contributed by atoms with E-state index in [9.17, 15) is 0 Å². The summed E-state index contributed by atoms with van der Waals surface area (Å²) in [6.45, 7) is 4.96. The normalized spacial score (nSPS) is 22.8. The lowest BCUT2D eigenvalue weighted by Gasteiger charge is -2.01. The second-order valence-electron chi connectivity index (χ2n) is 3.07. The Bertz CT molecular complexity index is 184. The van der Waals surface area contributed by atoms with Crippen LogP contribution in [0.3, 0.4) is 0 Å². The quantitative estimate of drug-likeness (QED) is 0.630. The van der Waals surface area contributed by atoms with Crippen LogP contribution in [0.25, 0.3) is 0 Å². The Kier molecular flexibility index (Phi) is 3.85. The van der Waals surface area contributed by atoms with E-state index in [1.54, 1.807) is 0 Å². The summed E-state index contributed by atoms with van der Waals surface area (Å²) in [4.78, 5) is 4.42. The van der Waals surface area contributed by atoms with Crippen molar-refractivity contribution in [3.05, 3.63) is 12.2 Å². The molecule has 1 heterocycles. The smallest absolute Gasteiger partial charge is 0.208 e. The zero-order valence-corrected chi connectivity index (χ0v) is 7.92. The molecule has 12 heavy (non-hydrogen) atoms. The van der Waals surface area contributed by atoms with Gasteiger partial charge in [0.1, 0.15) is 6.61 Å². The summed E-state index contributed by atoms with van der Waals surface area (Å²) in [6.07, 6.45) is 7.54. The fourth-order valence-corrected chi connectivity index (χ4v) is 1.26. The second-order valence-corrected chi connectivity index (χ2v) is 3.07. The van der Waals surface area contributed by atoms with E-state index in [0.717, 1.165) is 18.9 Å². The zero-order valence-electron chi connectivity index (χ0n) is 7.92. The average molecular weight is 167 g/mol. The minimum Gasteiger partial charge on any atom is -0.476 e. The first-order valence-corrected chi connectivity index (χ1v) is 4.70. The van der Waals surface area contributed by atoms with Crippen LogP contribution in [0.15, 0.2) is 17.1 Å². The van der Waals surface area contributed by atoms with Crippen molar-refractivity contribution in [2.45, 2.75) is 39.2 Å². The monoisotopic (exact) mass is 167 g/mol. The highest BCUT2D eigenvalue weighted by Gasteiger charge is 2.15. The van der Waals surface area contributed by atoms with Crippen molar-refractivity contribution in [3.8, 4) is 0 Å². The predicted octanol–water partition coefficient (Wildman–Crippen LogP) is 2.55. The first-order chi connectivity index (χ1) is 5.86. The van der Waals surface area contributed by atoms with Crippen LogP contribution >= 0.6 is 0 Å². The molecule has 0 N–H and O–H groups in total. The Balaban J connectivity index is 2.31. The second kappa shape index (κ2) is 4.96. The van der Waals surface area contributed by atoms with E-state index < -0.39 is 0 Å². The number of ether oxygens (including phenoxy) is 1. The molecular weight excluding hydrogens is 150 g/mol. The fourth-order valence-electron chi connectivity index (χ4n) is 1.26. The molecule has 0 radical (unpaired) electrons. The minimum absolute atomic E-state index is 0.413. The Hall–Kier alpha value is -0.790. The van der Waals surface area contributed by atoms with E-state index in [1.165, 1.54) is 12.8 Å². The Morgan fingerprint density at radius 1 is 1.67 bits per heavy atom. The van der Waals surface area contributed by atoms with Crippen LogP contribution in [-0.2, 0) is 4.74 Å². The molecule has 0 aromatic heterocycles. The maximum Gasteiger partial charge on any atom is 0.208 e. The topological polar surface area (TPSA) is 21.6 Å². The molecule has 0 saturated carbocycles. The average Bonchev–Trinajstić information content (AvgIpc) is 2.50. The molecule has 1 aliphatic heterocycles. The molecule has 0 amide bonds. The van der Waals surface area contributed by atoms with E-state index in [0.29, 0.717) is 6.04 Å². The zero-order chi connectivity index (χ0) is 8.81. The van der Waals surface area contributed by atoms with Crippen molar-refractivity contribution >= 4 is 5.90 Å². The summed E-state index contributed by atoms with van der Waals surface area (Å²) >= 11 is 0. The molecule has 0 bridgehead atoms. The highest BCUT2D eigenvalue weighted by atomic mass is 16.5. The van der Waals surface area contributed by atoms with Gasteiger partial charge in [0.2, 0.25) is 5.90 Å². The molecule has 0 aromatic carbocycles. The summed E-state index contributed by atoms with van der Waals surface area (Å²) in [5.41, 5.74) is 0. The highest BCUT2D eigenvalue weighted by Crippen LogP contribution is 2.11. The van der Waals surface area contributed by atoms with Crippen LogP contribution in [0.1, 0.15) is 33.1 Å². The number of nitrogens with zero attached hydrogens (tertiary/aromatic N) is 1. The van der Waals surface area contributed by atoms with Crippen molar-refractivity contribution in [1.29, 1.82) is 0 Å². The highest BCUT2D eigenvalue weighted by molar-refractivity contribution is 5.88. The predicted molar refractivity (Wildman–Crippen MR) is 51.5 cm³/mol. The van der Waals surface area contributed by atoms with E-state index in [2.05, 4.69) is 11.9 Å². The Morgan fingerprint density at radius 2 is 2.50 bits per heavy atom. The molecule has 68 valence electrons. The molecule has 1 unspecified atom stereocenters. The number of hydrogen-bond acceptors (Lipinski definition) is 2. The lowest BCUT2D eigenvalue weighted by molar-refractivity contribution is 0.311. The third-order valence-corrected chi connectivity index (χ3v) is 1.93. The summed E-state index contributed by atoms with van der Waals surface area (Å²) < 4.78 is 5.37. The van der Waals surface area contributed by atoms with Crippen molar-refractivity contribution in [2.24, 2.45) is 4.99 Å². The molecule has 1 aliphatic rings. The maximum absolute atomic E-state index is 5.37. The van der Waals surface area contributed by atoms with Crippen molar-refractivity contribution in [1.82, 2.24) is 0 Å². The number of aliphatic imine (C=N–C) groups is 1. The minimum atomic E-state index is 0.413. The van der Waals surface area contributed by atoms with Gasteiger partial charge in [0.05, 0.1) is 6.04 Å². The van der Waals surface area contributed by atoms with Gasteiger partial charge in [-0.15, -0.1) is 0 Å². The van der Waals surface area contributed by atoms with E-state index in [4.69, 9.17) is 4.74 Å². The maximum atomic E-state index is 5.37. The fraction of sp³-hybridized carbons (Fsp3) is 0.700. The lowest BCUT2D eigenvalue weighted by atomic mass is 10.1. The van der Waals surface area contributed by atoms with Crippen LogP contribution in [0, 0.1) is 0 Å². The molecule has 0 aromatic rings. The molecular formula is C10H17NO. The van der Waals surface area contributed by atoms with Crippen LogP contribution in [0.4, 0.5) is 0 Å². The van der Waals surface area contributed by atoms with Crippen LogP contribution < -0.4 is 0 Å². The number of allylic oxidation sites excluding steroid dienone is 1. The third kappa shape index (κ3) is 2.68. The van der Waals surface area contributed by atoms with E-state index in [-0.39, 0.29) is 0 Å². The van der Waals surface area contributed by atoms with Crippen molar-refractivity contribution < 1.29 is 4.74 Å². The molecule has 2 nitrogen and oxygen atoms in total.